The molecule has 0 aromatic heterocycles. The molecule has 1 fully saturated rings. The Kier molecular flexibility index (Phi) is 5.40. The van der Waals surface area contributed by atoms with Crippen molar-refractivity contribution in [2.75, 3.05) is 6.54 Å². The van der Waals surface area contributed by atoms with Crippen molar-refractivity contribution >= 4 is 23.9 Å². The molecule has 8 nitrogen and oxygen atoms in total. The van der Waals surface area contributed by atoms with Gasteiger partial charge in [-0.2, -0.15) is 0 Å². The Labute approximate surface area is 163 Å². The zero-order valence-corrected chi connectivity index (χ0v) is 16.3. The number of carbonyl (C=O) groups excluding carboxylic acids is 4. The van der Waals surface area contributed by atoms with E-state index in [0.717, 1.165) is 12.8 Å². The van der Waals surface area contributed by atoms with Crippen LogP contribution in [0.4, 0.5) is 4.79 Å². The maximum absolute atomic E-state index is 12.3. The molecule has 0 unspecified atom stereocenters. The standard InChI is InChI=1S/C20H24N2O6/c1-20(2,3)27-19(26)21-12-6-7-13(21)10-11-16(23)28-22-17(24)14-8-4-5-9-15(14)18(22)25/h4-5,8-9,13H,6-7,10-12H2,1-3H3/t13-/m1/s1. The molecule has 2 heterocycles. The van der Waals surface area contributed by atoms with Crippen molar-refractivity contribution in [1.82, 2.24) is 9.96 Å². The van der Waals surface area contributed by atoms with E-state index < -0.39 is 29.5 Å². The van der Waals surface area contributed by atoms with Crippen LogP contribution in [-0.2, 0) is 14.4 Å². The van der Waals surface area contributed by atoms with Gasteiger partial charge in [-0.25, -0.2) is 9.59 Å². The van der Waals surface area contributed by atoms with E-state index in [1.165, 1.54) is 12.1 Å². The molecule has 0 radical (unpaired) electrons. The third kappa shape index (κ3) is 4.16. The summed E-state index contributed by atoms with van der Waals surface area (Å²) in [6, 6.07) is 6.17. The van der Waals surface area contributed by atoms with Crippen LogP contribution < -0.4 is 0 Å². The van der Waals surface area contributed by atoms with Crippen LogP contribution in [0.25, 0.3) is 0 Å². The van der Waals surface area contributed by atoms with Crippen molar-refractivity contribution in [2.45, 2.75) is 58.1 Å². The topological polar surface area (TPSA) is 93.2 Å². The van der Waals surface area contributed by atoms with Gasteiger partial charge in [0.1, 0.15) is 5.60 Å². The number of hydroxylamine groups is 2. The molecule has 1 aromatic rings. The number of hydrogen-bond donors (Lipinski definition) is 0. The van der Waals surface area contributed by atoms with Gasteiger partial charge in [-0.15, -0.1) is 0 Å². The van der Waals surface area contributed by atoms with Gasteiger partial charge < -0.3 is 14.5 Å². The second-order valence-corrected chi connectivity index (χ2v) is 7.92. The fourth-order valence-corrected chi connectivity index (χ4v) is 3.38. The normalized spacial score (nSPS) is 19.0. The Morgan fingerprint density at radius 3 is 2.29 bits per heavy atom. The summed E-state index contributed by atoms with van der Waals surface area (Å²) in [7, 11) is 0. The SMILES string of the molecule is CC(C)(C)OC(=O)N1CCC[C@@H]1CCC(=O)ON1C(=O)c2ccccc2C1=O. The van der Waals surface area contributed by atoms with Crippen LogP contribution >= 0.6 is 0 Å². The highest BCUT2D eigenvalue weighted by Crippen LogP contribution is 2.26. The maximum Gasteiger partial charge on any atom is 0.410 e. The Bertz CT molecular complexity index is 778. The average molecular weight is 388 g/mol. The molecule has 0 aliphatic carbocycles. The lowest BCUT2D eigenvalue weighted by molar-refractivity contribution is -0.168. The highest BCUT2D eigenvalue weighted by molar-refractivity contribution is 6.20. The minimum Gasteiger partial charge on any atom is -0.444 e. The van der Waals surface area contributed by atoms with E-state index in [1.807, 2.05) is 0 Å². The number of amides is 3. The second kappa shape index (κ2) is 7.61. The molecular weight excluding hydrogens is 364 g/mol. The Hall–Kier alpha value is -2.90. The number of rotatable bonds is 4. The fraction of sp³-hybridized carbons (Fsp3) is 0.500. The third-order valence-electron chi connectivity index (χ3n) is 4.64. The van der Waals surface area contributed by atoms with Crippen molar-refractivity contribution in [3.8, 4) is 0 Å². The summed E-state index contributed by atoms with van der Waals surface area (Å²) in [5.41, 5.74) is -0.159. The second-order valence-electron chi connectivity index (χ2n) is 7.92. The Morgan fingerprint density at radius 1 is 1.11 bits per heavy atom. The molecule has 2 aliphatic heterocycles. The van der Waals surface area contributed by atoms with Crippen molar-refractivity contribution in [3.05, 3.63) is 35.4 Å². The van der Waals surface area contributed by atoms with Gasteiger partial charge in [0.05, 0.1) is 11.1 Å². The van der Waals surface area contributed by atoms with E-state index in [2.05, 4.69) is 0 Å². The molecule has 0 saturated carbocycles. The molecule has 0 spiro atoms. The van der Waals surface area contributed by atoms with E-state index >= 15 is 0 Å². The smallest absolute Gasteiger partial charge is 0.410 e. The van der Waals surface area contributed by atoms with E-state index in [-0.39, 0.29) is 23.6 Å². The van der Waals surface area contributed by atoms with Crippen LogP contribution in [0.1, 0.15) is 67.2 Å². The molecule has 1 aromatic carbocycles. The van der Waals surface area contributed by atoms with Crippen LogP contribution in [0.15, 0.2) is 24.3 Å². The van der Waals surface area contributed by atoms with Gasteiger partial charge in [0, 0.05) is 19.0 Å². The van der Waals surface area contributed by atoms with Crippen molar-refractivity contribution in [2.24, 2.45) is 0 Å². The number of ether oxygens (including phenoxy) is 1. The highest BCUT2D eigenvalue weighted by Gasteiger charge is 2.39. The first-order valence-electron chi connectivity index (χ1n) is 9.35. The average Bonchev–Trinajstić information content (AvgIpc) is 3.18. The predicted molar refractivity (Wildman–Crippen MR) is 98.2 cm³/mol. The molecule has 1 atom stereocenters. The Balaban J connectivity index is 1.54. The molecule has 8 heteroatoms. The molecule has 0 bridgehead atoms. The van der Waals surface area contributed by atoms with Crippen LogP contribution in [0.3, 0.4) is 0 Å². The first kappa shape index (κ1) is 19.9. The predicted octanol–water partition coefficient (Wildman–Crippen LogP) is 2.92. The summed E-state index contributed by atoms with van der Waals surface area (Å²) < 4.78 is 5.40. The van der Waals surface area contributed by atoms with E-state index in [4.69, 9.17) is 9.57 Å². The summed E-state index contributed by atoms with van der Waals surface area (Å²) in [5.74, 6) is -1.99. The van der Waals surface area contributed by atoms with E-state index in [0.29, 0.717) is 18.0 Å². The zero-order valence-electron chi connectivity index (χ0n) is 16.3. The lowest BCUT2D eigenvalue weighted by Gasteiger charge is -2.28. The summed E-state index contributed by atoms with van der Waals surface area (Å²) >= 11 is 0. The molecule has 3 amide bonds. The van der Waals surface area contributed by atoms with Crippen molar-refractivity contribution < 1.29 is 28.8 Å². The van der Waals surface area contributed by atoms with Gasteiger partial charge in [-0.05, 0) is 52.2 Å². The number of imide groups is 1. The van der Waals surface area contributed by atoms with Crippen molar-refractivity contribution in [1.29, 1.82) is 0 Å². The summed E-state index contributed by atoms with van der Waals surface area (Å²) in [6.07, 6.45) is 1.55. The van der Waals surface area contributed by atoms with Gasteiger partial charge in [-0.3, -0.25) is 9.59 Å². The van der Waals surface area contributed by atoms with Crippen molar-refractivity contribution in [3.63, 3.8) is 0 Å². The summed E-state index contributed by atoms with van der Waals surface area (Å²) in [6.45, 7) is 5.98. The fourth-order valence-electron chi connectivity index (χ4n) is 3.38. The number of likely N-dealkylation sites (tertiary alicyclic amines) is 1. The van der Waals surface area contributed by atoms with E-state index in [1.54, 1.807) is 37.8 Å². The number of hydrogen-bond acceptors (Lipinski definition) is 6. The van der Waals surface area contributed by atoms with Gasteiger partial charge in [0.2, 0.25) is 0 Å². The third-order valence-corrected chi connectivity index (χ3v) is 4.64. The molecule has 1 saturated heterocycles. The van der Waals surface area contributed by atoms with E-state index in [9.17, 15) is 19.2 Å². The lowest BCUT2D eigenvalue weighted by atomic mass is 10.1. The monoisotopic (exact) mass is 388 g/mol. The number of benzene rings is 1. The lowest BCUT2D eigenvalue weighted by Crippen LogP contribution is -2.40. The van der Waals surface area contributed by atoms with Gasteiger partial charge in [-0.1, -0.05) is 17.2 Å². The molecule has 28 heavy (non-hydrogen) atoms. The van der Waals surface area contributed by atoms with Crippen LogP contribution in [0, 0.1) is 0 Å². The summed E-state index contributed by atoms with van der Waals surface area (Å²) in [5, 5.41) is 0.507. The molecule has 0 N–H and O–H groups in total. The molecule has 3 rings (SSSR count). The summed E-state index contributed by atoms with van der Waals surface area (Å²) in [4.78, 5) is 55.6. The number of fused-ring (bicyclic) bond motifs is 1. The maximum atomic E-state index is 12.3. The molecular formula is C20H24N2O6. The van der Waals surface area contributed by atoms with Gasteiger partial charge in [0.25, 0.3) is 11.8 Å². The quantitative estimate of drug-likeness (QED) is 0.736. The Morgan fingerprint density at radius 2 is 1.71 bits per heavy atom. The first-order chi connectivity index (χ1) is 13.2. The number of carbonyl (C=O) groups is 4. The number of nitrogens with zero attached hydrogens (tertiary/aromatic N) is 2. The highest BCUT2D eigenvalue weighted by atomic mass is 16.7. The molecule has 2 aliphatic rings. The van der Waals surface area contributed by atoms with Gasteiger partial charge in [0.15, 0.2) is 0 Å². The largest absolute Gasteiger partial charge is 0.444 e. The van der Waals surface area contributed by atoms with Crippen LogP contribution in [-0.4, -0.2) is 52.0 Å². The van der Waals surface area contributed by atoms with Crippen LogP contribution in [0.2, 0.25) is 0 Å². The van der Waals surface area contributed by atoms with Gasteiger partial charge >= 0.3 is 12.1 Å². The van der Waals surface area contributed by atoms with Crippen LogP contribution in [0.5, 0.6) is 0 Å². The first-order valence-corrected chi connectivity index (χ1v) is 9.35. The minimum absolute atomic E-state index is 0.0165. The minimum atomic E-state index is -0.689. The zero-order chi connectivity index (χ0) is 20.5. The molecule has 150 valence electrons.